The molecule has 0 atom stereocenters. The lowest BCUT2D eigenvalue weighted by Crippen LogP contribution is -2.01. The Hall–Kier alpha value is -9.00. The smallest absolute Gasteiger partial charge is 0.164 e. The van der Waals surface area contributed by atoms with Gasteiger partial charge in [-0.3, -0.25) is 4.98 Å². The first-order valence-electron chi connectivity index (χ1n) is 22.8. The molecule has 0 fully saturated rings. The first-order chi connectivity index (χ1) is 33.5. The van der Waals surface area contributed by atoms with Crippen LogP contribution >= 0.6 is 0 Å². The van der Waals surface area contributed by atoms with E-state index in [0.717, 1.165) is 101 Å². The van der Waals surface area contributed by atoms with Crippen molar-refractivity contribution in [1.29, 1.82) is 0 Å². The van der Waals surface area contributed by atoms with Gasteiger partial charge in [-0.05, 0) is 82.6 Å². The Morgan fingerprint density at radius 1 is 0.206 bits per heavy atom. The summed E-state index contributed by atoms with van der Waals surface area (Å²) in [6.07, 6.45) is 0. The van der Waals surface area contributed by atoms with Gasteiger partial charge in [0.1, 0.15) is 0 Å². The molecule has 322 valence electrons. The van der Waals surface area contributed by atoms with Gasteiger partial charge in [-0.25, -0.2) is 24.9 Å². The van der Waals surface area contributed by atoms with Crippen LogP contribution in [0.5, 0.6) is 0 Å². The molecule has 11 aromatic rings. The third-order valence-electron chi connectivity index (χ3n) is 12.1. The second kappa shape index (κ2) is 18.5. The monoisotopic (exact) mass is 872 g/mol. The molecule has 8 aromatic carbocycles. The summed E-state index contributed by atoms with van der Waals surface area (Å²) in [5, 5.41) is 0. The molecule has 0 saturated heterocycles. The van der Waals surface area contributed by atoms with E-state index >= 15 is 0 Å². The summed E-state index contributed by atoms with van der Waals surface area (Å²) in [5.41, 5.74) is 18.1. The van der Waals surface area contributed by atoms with Gasteiger partial charge in [-0.1, -0.05) is 206 Å². The molecule has 0 radical (unpaired) electrons. The van der Waals surface area contributed by atoms with Crippen LogP contribution in [-0.2, 0) is 0 Å². The zero-order valence-electron chi connectivity index (χ0n) is 37.6. The minimum atomic E-state index is 0.592. The van der Waals surface area contributed by atoms with Crippen molar-refractivity contribution < 1.29 is 0 Å². The van der Waals surface area contributed by atoms with Crippen LogP contribution in [0.3, 0.4) is 0 Å². The molecule has 0 saturated carbocycles. The molecule has 0 N–H and O–H groups in total. The van der Waals surface area contributed by atoms with Gasteiger partial charge in [0, 0.05) is 44.8 Å². The summed E-state index contributed by atoms with van der Waals surface area (Å²) in [6, 6.07) is 79.7. The van der Waals surface area contributed by atoms with E-state index in [-0.39, 0.29) is 0 Å². The SMILES string of the molecule is Cc1cc(-c2ccc(-c3ccccc3-c3nc(-c4ccccc4)nc(-c4ccc(-c5ccccc5)cc4)n3)c(-c3ccc(-c4cc(-c5ccccc5)nc(-c5ccccc5)n4)cc3)c2)cc(C)n1. The third-order valence-corrected chi connectivity index (χ3v) is 12.1. The molecule has 68 heavy (non-hydrogen) atoms. The fraction of sp³-hybridized carbons (Fsp3) is 0.0323. The molecule has 6 nitrogen and oxygen atoms in total. The summed E-state index contributed by atoms with van der Waals surface area (Å²) < 4.78 is 0. The Morgan fingerprint density at radius 2 is 0.574 bits per heavy atom. The van der Waals surface area contributed by atoms with Crippen molar-refractivity contribution in [1.82, 2.24) is 29.9 Å². The van der Waals surface area contributed by atoms with Crippen LogP contribution in [-0.4, -0.2) is 29.9 Å². The summed E-state index contributed by atoms with van der Waals surface area (Å²) in [7, 11) is 0. The largest absolute Gasteiger partial charge is 0.258 e. The van der Waals surface area contributed by atoms with Crippen molar-refractivity contribution in [2.24, 2.45) is 0 Å². The van der Waals surface area contributed by atoms with E-state index in [0.29, 0.717) is 23.3 Å². The fourth-order valence-corrected chi connectivity index (χ4v) is 8.78. The van der Waals surface area contributed by atoms with Crippen LogP contribution in [0.15, 0.2) is 231 Å². The maximum absolute atomic E-state index is 5.24. The van der Waals surface area contributed by atoms with Crippen molar-refractivity contribution in [3.8, 4) is 113 Å². The molecule has 0 aliphatic heterocycles. The van der Waals surface area contributed by atoms with E-state index in [2.05, 4.69) is 163 Å². The van der Waals surface area contributed by atoms with E-state index < -0.39 is 0 Å². The third kappa shape index (κ3) is 8.74. The lowest BCUT2D eigenvalue weighted by Gasteiger charge is -2.17. The minimum absolute atomic E-state index is 0.592. The highest BCUT2D eigenvalue weighted by molar-refractivity contribution is 5.93. The van der Waals surface area contributed by atoms with Gasteiger partial charge in [0.2, 0.25) is 0 Å². The molecule has 0 aliphatic rings. The minimum Gasteiger partial charge on any atom is -0.258 e. The number of hydrogen-bond donors (Lipinski definition) is 0. The molecule has 0 spiro atoms. The number of pyridine rings is 1. The first kappa shape index (κ1) is 41.7. The molecule has 3 heterocycles. The number of benzene rings is 8. The second-order valence-corrected chi connectivity index (χ2v) is 16.8. The van der Waals surface area contributed by atoms with Crippen LogP contribution in [0.2, 0.25) is 0 Å². The van der Waals surface area contributed by atoms with Gasteiger partial charge in [-0.15, -0.1) is 0 Å². The highest BCUT2D eigenvalue weighted by Gasteiger charge is 2.20. The lowest BCUT2D eigenvalue weighted by molar-refractivity contribution is 1.07. The van der Waals surface area contributed by atoms with E-state index in [4.69, 9.17) is 24.9 Å². The number of aromatic nitrogens is 6. The predicted octanol–water partition coefficient (Wildman–Crippen LogP) is 15.3. The zero-order valence-corrected chi connectivity index (χ0v) is 37.6. The van der Waals surface area contributed by atoms with E-state index in [1.165, 1.54) is 0 Å². The van der Waals surface area contributed by atoms with Crippen molar-refractivity contribution in [3.05, 3.63) is 242 Å². The van der Waals surface area contributed by atoms with Crippen molar-refractivity contribution in [2.75, 3.05) is 0 Å². The van der Waals surface area contributed by atoms with Crippen LogP contribution in [0.4, 0.5) is 0 Å². The van der Waals surface area contributed by atoms with Crippen LogP contribution in [0.1, 0.15) is 11.4 Å². The fourth-order valence-electron chi connectivity index (χ4n) is 8.78. The molecule has 0 unspecified atom stereocenters. The molecule has 0 amide bonds. The normalized spacial score (nSPS) is 11.1. The van der Waals surface area contributed by atoms with Gasteiger partial charge in [0.05, 0.1) is 11.4 Å². The van der Waals surface area contributed by atoms with Crippen molar-refractivity contribution in [2.45, 2.75) is 13.8 Å². The average Bonchev–Trinajstić information content (AvgIpc) is 3.41. The van der Waals surface area contributed by atoms with E-state index in [1.807, 2.05) is 86.6 Å². The molecular weight excluding hydrogens is 829 g/mol. The summed E-state index contributed by atoms with van der Waals surface area (Å²) in [5.74, 6) is 2.49. The topological polar surface area (TPSA) is 77.3 Å². The Kier molecular flexibility index (Phi) is 11.3. The highest BCUT2D eigenvalue weighted by atomic mass is 15.0. The van der Waals surface area contributed by atoms with Crippen LogP contribution < -0.4 is 0 Å². The highest BCUT2D eigenvalue weighted by Crippen LogP contribution is 2.41. The molecular formula is C62H44N6. The average molecular weight is 873 g/mol. The van der Waals surface area contributed by atoms with Crippen molar-refractivity contribution >= 4 is 0 Å². The number of hydrogen-bond acceptors (Lipinski definition) is 6. The summed E-state index contributed by atoms with van der Waals surface area (Å²) in [6.45, 7) is 4.09. The predicted molar refractivity (Wildman–Crippen MR) is 277 cm³/mol. The molecule has 0 bridgehead atoms. The lowest BCUT2D eigenvalue weighted by atomic mass is 9.88. The Balaban J connectivity index is 1.05. The number of rotatable bonds is 10. The molecule has 3 aromatic heterocycles. The van der Waals surface area contributed by atoms with E-state index in [1.54, 1.807) is 0 Å². The molecule has 11 rings (SSSR count). The van der Waals surface area contributed by atoms with Crippen LogP contribution in [0.25, 0.3) is 113 Å². The summed E-state index contributed by atoms with van der Waals surface area (Å²) >= 11 is 0. The van der Waals surface area contributed by atoms with Gasteiger partial charge in [0.25, 0.3) is 0 Å². The Bertz CT molecular complexity index is 3460. The van der Waals surface area contributed by atoms with Gasteiger partial charge >= 0.3 is 0 Å². The second-order valence-electron chi connectivity index (χ2n) is 16.8. The quantitative estimate of drug-likeness (QED) is 0.136. The number of nitrogens with zero attached hydrogens (tertiary/aromatic N) is 6. The Labute approximate surface area is 396 Å². The molecule has 6 heteroatoms. The van der Waals surface area contributed by atoms with Crippen LogP contribution in [0, 0.1) is 13.8 Å². The zero-order chi connectivity index (χ0) is 45.8. The van der Waals surface area contributed by atoms with Gasteiger partial charge in [-0.2, -0.15) is 0 Å². The standard InChI is InChI=1S/C62H44N6/c1-41-37-52(38-42(2)63-41)51-35-36-54(56(39-51)45-29-31-47(32-30-45)58-40-57(46-19-9-4-10-20-46)64-59(65-58)48-21-11-5-12-22-48)53-25-15-16-26-55(53)62-67-60(49-23-13-6-14-24-49)66-61(68-62)50-33-27-44(28-34-50)43-17-7-3-8-18-43/h3-40H,1-2H3. The molecule has 0 aliphatic carbocycles. The van der Waals surface area contributed by atoms with E-state index in [9.17, 15) is 0 Å². The van der Waals surface area contributed by atoms with Crippen molar-refractivity contribution in [3.63, 3.8) is 0 Å². The van der Waals surface area contributed by atoms with Gasteiger partial charge < -0.3 is 0 Å². The summed E-state index contributed by atoms with van der Waals surface area (Å²) in [4.78, 5) is 30.3. The van der Waals surface area contributed by atoms with Gasteiger partial charge in [0.15, 0.2) is 23.3 Å². The number of aryl methyl sites for hydroxylation is 2. The Morgan fingerprint density at radius 3 is 1.15 bits per heavy atom. The first-order valence-corrected chi connectivity index (χ1v) is 22.8. The maximum Gasteiger partial charge on any atom is 0.164 e. The maximum atomic E-state index is 5.24.